The SMILES string of the molecule is O=c1c2ccccc2nc(C2CCCCC2)n1NCc1ccc(Cl)cc1. The topological polar surface area (TPSA) is 46.9 Å². The number of para-hydroxylation sites is 1. The third-order valence-electron chi connectivity index (χ3n) is 5.13. The molecule has 4 nitrogen and oxygen atoms in total. The average molecular weight is 368 g/mol. The lowest BCUT2D eigenvalue weighted by Crippen LogP contribution is -2.34. The molecule has 0 unspecified atom stereocenters. The zero-order valence-electron chi connectivity index (χ0n) is 14.6. The summed E-state index contributed by atoms with van der Waals surface area (Å²) >= 11 is 5.96. The molecule has 4 rings (SSSR count). The highest BCUT2D eigenvalue weighted by molar-refractivity contribution is 6.30. The van der Waals surface area contributed by atoms with Crippen molar-refractivity contribution < 1.29 is 0 Å². The van der Waals surface area contributed by atoms with E-state index >= 15 is 0 Å². The molecule has 0 spiro atoms. The Hall–Kier alpha value is -2.33. The van der Waals surface area contributed by atoms with Crippen molar-refractivity contribution in [2.24, 2.45) is 0 Å². The van der Waals surface area contributed by atoms with Crippen LogP contribution in [0.15, 0.2) is 53.3 Å². The monoisotopic (exact) mass is 367 g/mol. The fraction of sp³-hybridized carbons (Fsp3) is 0.333. The zero-order valence-corrected chi connectivity index (χ0v) is 15.4. The van der Waals surface area contributed by atoms with E-state index in [1.54, 1.807) is 4.68 Å². The molecule has 3 aromatic rings. The third kappa shape index (κ3) is 3.47. The Morgan fingerprint density at radius 3 is 2.54 bits per heavy atom. The molecule has 2 aromatic carbocycles. The van der Waals surface area contributed by atoms with Gasteiger partial charge in [0.15, 0.2) is 0 Å². The summed E-state index contributed by atoms with van der Waals surface area (Å²) in [4.78, 5) is 18.0. The van der Waals surface area contributed by atoms with E-state index in [0.717, 1.165) is 29.7 Å². The first kappa shape index (κ1) is 17.1. The number of nitrogens with zero attached hydrogens (tertiary/aromatic N) is 2. The van der Waals surface area contributed by atoms with Crippen LogP contribution < -0.4 is 11.0 Å². The van der Waals surface area contributed by atoms with Crippen molar-refractivity contribution in [2.45, 2.75) is 44.6 Å². The summed E-state index contributed by atoms with van der Waals surface area (Å²) < 4.78 is 1.67. The molecule has 1 aromatic heterocycles. The third-order valence-corrected chi connectivity index (χ3v) is 5.38. The van der Waals surface area contributed by atoms with Crippen molar-refractivity contribution in [2.75, 3.05) is 5.43 Å². The molecule has 1 N–H and O–H groups in total. The fourth-order valence-corrected chi connectivity index (χ4v) is 3.84. The number of rotatable bonds is 4. The highest BCUT2D eigenvalue weighted by Gasteiger charge is 2.22. The second kappa shape index (κ2) is 7.50. The van der Waals surface area contributed by atoms with E-state index in [2.05, 4.69) is 5.43 Å². The quantitative estimate of drug-likeness (QED) is 0.717. The molecule has 1 aliphatic rings. The van der Waals surface area contributed by atoms with Crippen molar-refractivity contribution in [3.63, 3.8) is 0 Å². The average Bonchev–Trinajstić information content (AvgIpc) is 2.69. The summed E-state index contributed by atoms with van der Waals surface area (Å²) in [6.45, 7) is 0.552. The Balaban J connectivity index is 1.73. The molecular formula is C21H22ClN3O. The number of nitrogens with one attached hydrogen (secondary N) is 1. The Kier molecular flexibility index (Phi) is 4.93. The lowest BCUT2D eigenvalue weighted by atomic mass is 9.88. The second-order valence-electron chi connectivity index (χ2n) is 6.92. The zero-order chi connectivity index (χ0) is 17.9. The van der Waals surface area contributed by atoms with Gasteiger partial charge in [-0.1, -0.05) is 55.1 Å². The summed E-state index contributed by atoms with van der Waals surface area (Å²) in [5.74, 6) is 1.20. The number of benzene rings is 2. The molecule has 0 amide bonds. The Morgan fingerprint density at radius 1 is 1.04 bits per heavy atom. The largest absolute Gasteiger partial charge is 0.317 e. The van der Waals surface area contributed by atoms with E-state index in [1.807, 2.05) is 48.5 Å². The van der Waals surface area contributed by atoms with Gasteiger partial charge in [-0.05, 0) is 42.7 Å². The van der Waals surface area contributed by atoms with Crippen molar-refractivity contribution in [3.8, 4) is 0 Å². The number of hydrogen-bond acceptors (Lipinski definition) is 3. The van der Waals surface area contributed by atoms with Gasteiger partial charge in [-0.3, -0.25) is 4.79 Å². The van der Waals surface area contributed by atoms with Gasteiger partial charge >= 0.3 is 0 Å². The van der Waals surface area contributed by atoms with Gasteiger partial charge in [0.05, 0.1) is 17.4 Å². The Labute approximate surface area is 157 Å². The van der Waals surface area contributed by atoms with Crippen LogP contribution in [-0.2, 0) is 6.54 Å². The predicted octanol–water partition coefficient (Wildman–Crippen LogP) is 4.84. The van der Waals surface area contributed by atoms with Crippen LogP contribution in [0, 0.1) is 0 Å². The van der Waals surface area contributed by atoms with Crippen LogP contribution in [0.1, 0.15) is 49.4 Å². The molecule has 1 aliphatic carbocycles. The van der Waals surface area contributed by atoms with Crippen LogP contribution >= 0.6 is 11.6 Å². The van der Waals surface area contributed by atoms with Crippen molar-refractivity contribution >= 4 is 22.5 Å². The predicted molar refractivity (Wildman–Crippen MR) is 106 cm³/mol. The fourth-order valence-electron chi connectivity index (χ4n) is 3.71. The molecule has 1 saturated carbocycles. The van der Waals surface area contributed by atoms with Crippen LogP contribution in [0.3, 0.4) is 0 Å². The number of fused-ring (bicyclic) bond motifs is 1. The second-order valence-corrected chi connectivity index (χ2v) is 7.36. The molecular weight excluding hydrogens is 346 g/mol. The number of hydrogen-bond donors (Lipinski definition) is 1. The van der Waals surface area contributed by atoms with E-state index in [9.17, 15) is 4.79 Å². The first-order chi connectivity index (χ1) is 12.7. The van der Waals surface area contributed by atoms with Crippen molar-refractivity contribution in [1.29, 1.82) is 0 Å². The lowest BCUT2D eigenvalue weighted by molar-refractivity contribution is 0.417. The molecule has 134 valence electrons. The van der Waals surface area contributed by atoms with E-state index in [1.165, 1.54) is 19.3 Å². The van der Waals surface area contributed by atoms with Crippen LogP contribution in [0.4, 0.5) is 0 Å². The Morgan fingerprint density at radius 2 is 1.77 bits per heavy atom. The van der Waals surface area contributed by atoms with Crippen LogP contribution in [0.25, 0.3) is 10.9 Å². The molecule has 0 saturated heterocycles. The smallest absolute Gasteiger partial charge is 0.279 e. The van der Waals surface area contributed by atoms with Gasteiger partial charge in [0, 0.05) is 10.9 Å². The van der Waals surface area contributed by atoms with E-state index in [-0.39, 0.29) is 5.56 Å². The van der Waals surface area contributed by atoms with Gasteiger partial charge in [-0.15, -0.1) is 0 Å². The highest BCUT2D eigenvalue weighted by atomic mass is 35.5. The van der Waals surface area contributed by atoms with E-state index in [4.69, 9.17) is 16.6 Å². The minimum atomic E-state index is -0.0230. The van der Waals surface area contributed by atoms with Gasteiger partial charge in [-0.2, -0.15) is 0 Å². The summed E-state index contributed by atoms with van der Waals surface area (Å²) in [6, 6.07) is 15.2. The van der Waals surface area contributed by atoms with Crippen molar-refractivity contribution in [3.05, 3.63) is 75.3 Å². The molecule has 5 heteroatoms. The van der Waals surface area contributed by atoms with Gasteiger partial charge in [0.1, 0.15) is 5.82 Å². The summed E-state index contributed by atoms with van der Waals surface area (Å²) in [6.07, 6.45) is 5.85. The summed E-state index contributed by atoms with van der Waals surface area (Å²) in [7, 11) is 0. The van der Waals surface area contributed by atoms with Crippen LogP contribution in [0.5, 0.6) is 0 Å². The molecule has 26 heavy (non-hydrogen) atoms. The van der Waals surface area contributed by atoms with Gasteiger partial charge in [0.2, 0.25) is 0 Å². The van der Waals surface area contributed by atoms with E-state index in [0.29, 0.717) is 22.9 Å². The maximum atomic E-state index is 13.1. The number of halogens is 1. The van der Waals surface area contributed by atoms with Crippen molar-refractivity contribution in [1.82, 2.24) is 9.66 Å². The first-order valence-electron chi connectivity index (χ1n) is 9.22. The molecule has 0 bridgehead atoms. The normalized spacial score (nSPS) is 15.3. The highest BCUT2D eigenvalue weighted by Crippen LogP contribution is 2.31. The van der Waals surface area contributed by atoms with Gasteiger partial charge in [0.25, 0.3) is 5.56 Å². The van der Waals surface area contributed by atoms with Crippen LogP contribution in [-0.4, -0.2) is 9.66 Å². The number of aromatic nitrogens is 2. The molecule has 0 aliphatic heterocycles. The maximum Gasteiger partial charge on any atom is 0.279 e. The maximum absolute atomic E-state index is 13.1. The van der Waals surface area contributed by atoms with Gasteiger partial charge < -0.3 is 5.43 Å². The minimum Gasteiger partial charge on any atom is -0.317 e. The first-order valence-corrected chi connectivity index (χ1v) is 9.60. The molecule has 1 fully saturated rings. The molecule has 0 atom stereocenters. The van der Waals surface area contributed by atoms with Crippen LogP contribution in [0.2, 0.25) is 5.02 Å². The van der Waals surface area contributed by atoms with Gasteiger partial charge in [-0.25, -0.2) is 9.66 Å². The minimum absolute atomic E-state index is 0.0230. The summed E-state index contributed by atoms with van der Waals surface area (Å²) in [5, 5.41) is 1.36. The van der Waals surface area contributed by atoms with E-state index < -0.39 is 0 Å². The standard InChI is InChI=1S/C21H22ClN3O/c22-17-12-10-15(11-13-17)14-23-25-20(16-6-2-1-3-7-16)24-19-9-5-4-8-18(19)21(25)26/h4-5,8-13,16,23H,1-3,6-7,14H2. The summed E-state index contributed by atoms with van der Waals surface area (Å²) in [5.41, 5.74) is 5.14. The molecule has 0 radical (unpaired) electrons. The lowest BCUT2D eigenvalue weighted by Gasteiger charge is -2.25. The molecule has 1 heterocycles. The Bertz CT molecular complexity index is 959.